The molecule has 0 aliphatic carbocycles. The summed E-state index contributed by atoms with van der Waals surface area (Å²) in [6, 6.07) is 5.90. The smallest absolute Gasteiger partial charge is 0.276 e. The quantitative estimate of drug-likeness (QED) is 0.495. The van der Waals surface area contributed by atoms with Gasteiger partial charge in [-0.2, -0.15) is 26.3 Å². The van der Waals surface area contributed by atoms with Gasteiger partial charge in [-0.25, -0.2) is 0 Å². The zero-order chi connectivity index (χ0) is 17.4. The fraction of sp³-hybridized carbons (Fsp3) is 0.133. The van der Waals surface area contributed by atoms with Crippen molar-refractivity contribution < 1.29 is 31.1 Å². The monoisotopic (exact) mass is 352 g/mol. The summed E-state index contributed by atoms with van der Waals surface area (Å²) in [7, 11) is 0. The molecule has 2 rings (SSSR count). The lowest BCUT2D eigenvalue weighted by Crippen LogP contribution is -2.12. The Morgan fingerprint density at radius 2 is 1.30 bits per heavy atom. The highest BCUT2D eigenvalue weighted by molar-refractivity contribution is 6.67. The number of alkyl halides is 6. The van der Waals surface area contributed by atoms with Crippen LogP contribution in [0.2, 0.25) is 0 Å². The van der Waals surface area contributed by atoms with Gasteiger partial charge >= 0.3 is 12.4 Å². The molecule has 0 heterocycles. The van der Waals surface area contributed by atoms with Crippen molar-refractivity contribution in [1.29, 1.82) is 0 Å². The molecule has 0 aliphatic heterocycles. The van der Waals surface area contributed by atoms with E-state index in [4.69, 9.17) is 11.6 Å². The first-order chi connectivity index (χ1) is 10.5. The third-order valence-electron chi connectivity index (χ3n) is 3.07. The lowest BCUT2D eigenvalue weighted by atomic mass is 9.93. The van der Waals surface area contributed by atoms with Crippen LogP contribution in [0.1, 0.15) is 21.5 Å². The van der Waals surface area contributed by atoms with E-state index in [0.717, 1.165) is 18.2 Å². The van der Waals surface area contributed by atoms with Gasteiger partial charge in [0.25, 0.3) is 5.24 Å². The van der Waals surface area contributed by atoms with Gasteiger partial charge in [0, 0.05) is 5.56 Å². The van der Waals surface area contributed by atoms with Gasteiger partial charge in [-0.05, 0) is 47.0 Å². The van der Waals surface area contributed by atoms with E-state index >= 15 is 0 Å². The van der Waals surface area contributed by atoms with E-state index in [1.165, 1.54) is 6.07 Å². The predicted molar refractivity (Wildman–Crippen MR) is 72.1 cm³/mol. The van der Waals surface area contributed by atoms with Crippen LogP contribution in [0.3, 0.4) is 0 Å². The van der Waals surface area contributed by atoms with Gasteiger partial charge in [-0.3, -0.25) is 4.79 Å². The maximum absolute atomic E-state index is 13.1. The van der Waals surface area contributed by atoms with Gasteiger partial charge in [0.15, 0.2) is 0 Å². The number of halogens is 7. The predicted octanol–water partition coefficient (Wildman–Crippen LogP) is 5.77. The minimum Gasteiger partial charge on any atom is -0.276 e. The van der Waals surface area contributed by atoms with Gasteiger partial charge in [0.1, 0.15) is 0 Å². The van der Waals surface area contributed by atoms with Crippen molar-refractivity contribution >= 4 is 16.8 Å². The van der Waals surface area contributed by atoms with Crippen LogP contribution in [-0.2, 0) is 12.4 Å². The summed E-state index contributed by atoms with van der Waals surface area (Å²) >= 11 is 5.22. The van der Waals surface area contributed by atoms with Gasteiger partial charge in [0.2, 0.25) is 0 Å². The zero-order valence-corrected chi connectivity index (χ0v) is 11.9. The van der Waals surface area contributed by atoms with Crippen LogP contribution in [0.4, 0.5) is 26.3 Å². The Kier molecular flexibility index (Phi) is 4.43. The molecule has 0 unspecified atom stereocenters. The molecule has 122 valence electrons. The Morgan fingerprint density at radius 3 is 1.83 bits per heavy atom. The zero-order valence-electron chi connectivity index (χ0n) is 11.1. The normalized spacial score (nSPS) is 12.3. The molecule has 1 nitrogen and oxygen atoms in total. The van der Waals surface area contributed by atoms with Gasteiger partial charge in [-0.1, -0.05) is 18.2 Å². The second kappa shape index (κ2) is 5.88. The van der Waals surface area contributed by atoms with E-state index in [0.29, 0.717) is 18.2 Å². The second-order valence-electron chi connectivity index (χ2n) is 4.58. The molecule has 0 atom stereocenters. The summed E-state index contributed by atoms with van der Waals surface area (Å²) in [4.78, 5) is 11.1. The van der Waals surface area contributed by atoms with Crippen molar-refractivity contribution in [3.8, 4) is 11.1 Å². The number of rotatable bonds is 2. The van der Waals surface area contributed by atoms with Crippen molar-refractivity contribution in [3.63, 3.8) is 0 Å². The lowest BCUT2D eigenvalue weighted by Gasteiger charge is -2.18. The lowest BCUT2D eigenvalue weighted by molar-refractivity contribution is -0.139. The Hall–Kier alpha value is -2.02. The molecule has 0 spiro atoms. The Labute approximate surface area is 131 Å². The van der Waals surface area contributed by atoms with E-state index in [1.807, 2.05) is 0 Å². The molecule has 0 aromatic heterocycles. The third kappa shape index (κ3) is 3.67. The average molecular weight is 353 g/mol. The van der Waals surface area contributed by atoms with Crippen molar-refractivity contribution in [2.75, 3.05) is 0 Å². The van der Waals surface area contributed by atoms with Gasteiger partial charge in [0.05, 0.1) is 11.1 Å². The number of hydrogen-bond acceptors (Lipinski definition) is 1. The Morgan fingerprint density at radius 1 is 0.783 bits per heavy atom. The van der Waals surface area contributed by atoms with E-state index in [1.54, 1.807) is 0 Å². The Bertz CT molecular complexity index is 748. The number of benzene rings is 2. The van der Waals surface area contributed by atoms with E-state index in [9.17, 15) is 31.1 Å². The molecule has 0 N–H and O–H groups in total. The number of hydrogen-bond donors (Lipinski definition) is 0. The minimum absolute atomic E-state index is 0.327. The fourth-order valence-corrected chi connectivity index (χ4v) is 2.22. The number of carbonyl (C=O) groups excluding carboxylic acids is 1. The SMILES string of the molecule is O=C(Cl)c1ccc(C(F)(F)F)c(-c2ccccc2C(F)(F)F)c1. The van der Waals surface area contributed by atoms with Crippen LogP contribution in [0.5, 0.6) is 0 Å². The maximum atomic E-state index is 13.1. The third-order valence-corrected chi connectivity index (χ3v) is 3.29. The van der Waals surface area contributed by atoms with Crippen LogP contribution in [0.25, 0.3) is 11.1 Å². The molecule has 0 saturated heterocycles. The van der Waals surface area contributed by atoms with Crippen molar-refractivity contribution in [2.45, 2.75) is 12.4 Å². The molecule has 0 bridgehead atoms. The van der Waals surface area contributed by atoms with Crippen LogP contribution in [0.15, 0.2) is 42.5 Å². The summed E-state index contributed by atoms with van der Waals surface area (Å²) in [6.45, 7) is 0. The molecule has 2 aromatic carbocycles. The molecule has 0 aliphatic rings. The fourth-order valence-electron chi connectivity index (χ4n) is 2.10. The number of carbonyl (C=O) groups is 1. The van der Waals surface area contributed by atoms with Crippen LogP contribution in [0, 0.1) is 0 Å². The molecule has 23 heavy (non-hydrogen) atoms. The van der Waals surface area contributed by atoms with E-state index in [2.05, 4.69) is 0 Å². The molecule has 2 aromatic rings. The minimum atomic E-state index is -4.89. The average Bonchev–Trinajstić information content (AvgIpc) is 2.44. The van der Waals surface area contributed by atoms with E-state index in [-0.39, 0.29) is 5.56 Å². The Balaban J connectivity index is 2.81. The summed E-state index contributed by atoms with van der Waals surface area (Å²) < 4.78 is 78.4. The van der Waals surface area contributed by atoms with Crippen LogP contribution in [-0.4, -0.2) is 5.24 Å². The summed E-state index contributed by atoms with van der Waals surface area (Å²) in [5.74, 6) is 0. The molecule has 0 amide bonds. The molecule has 8 heteroatoms. The topological polar surface area (TPSA) is 17.1 Å². The van der Waals surface area contributed by atoms with Crippen LogP contribution >= 0.6 is 11.6 Å². The molecular formula is C15H7ClF6O. The first-order valence-electron chi connectivity index (χ1n) is 6.09. The largest absolute Gasteiger partial charge is 0.417 e. The van der Waals surface area contributed by atoms with Crippen molar-refractivity contribution in [1.82, 2.24) is 0 Å². The summed E-state index contributed by atoms with van der Waals surface area (Å²) in [5, 5.41) is -1.07. The van der Waals surface area contributed by atoms with Crippen molar-refractivity contribution in [3.05, 3.63) is 59.2 Å². The highest BCUT2D eigenvalue weighted by atomic mass is 35.5. The van der Waals surface area contributed by atoms with Crippen LogP contribution < -0.4 is 0 Å². The summed E-state index contributed by atoms with van der Waals surface area (Å²) in [5.41, 5.74) is -4.27. The van der Waals surface area contributed by atoms with Gasteiger partial charge < -0.3 is 0 Å². The molecule has 0 radical (unpaired) electrons. The molecular weight excluding hydrogens is 346 g/mol. The van der Waals surface area contributed by atoms with E-state index < -0.39 is 39.8 Å². The molecule has 0 saturated carbocycles. The first kappa shape index (κ1) is 17.3. The van der Waals surface area contributed by atoms with Crippen molar-refractivity contribution in [2.24, 2.45) is 0 Å². The molecule has 0 fully saturated rings. The highest BCUT2D eigenvalue weighted by Gasteiger charge is 2.38. The standard InChI is InChI=1S/C15H7ClF6O/c16-13(23)8-5-6-12(15(20,21)22)10(7-8)9-3-1-2-4-11(9)14(17,18)19/h1-7H. The van der Waals surface area contributed by atoms with Gasteiger partial charge in [-0.15, -0.1) is 0 Å². The summed E-state index contributed by atoms with van der Waals surface area (Å²) in [6.07, 6.45) is -9.73. The maximum Gasteiger partial charge on any atom is 0.417 e. The second-order valence-corrected chi connectivity index (χ2v) is 4.92. The first-order valence-corrected chi connectivity index (χ1v) is 6.47. The highest BCUT2D eigenvalue weighted by Crippen LogP contribution is 2.42.